The predicted molar refractivity (Wildman–Crippen MR) is 101 cm³/mol. The van der Waals surface area contributed by atoms with Crippen LogP contribution in [0.5, 0.6) is 11.5 Å². The number of carbonyl (C=O) groups is 2. The van der Waals surface area contributed by atoms with Gasteiger partial charge in [-0.05, 0) is 42.0 Å². The lowest BCUT2D eigenvalue weighted by Crippen LogP contribution is -2.13. The highest BCUT2D eigenvalue weighted by Gasteiger charge is 2.19. The van der Waals surface area contributed by atoms with Crippen LogP contribution in [-0.4, -0.2) is 32.9 Å². The smallest absolute Gasteiger partial charge is 0.345 e. The Kier molecular flexibility index (Phi) is 6.31. The molecule has 0 aliphatic carbocycles. The van der Waals surface area contributed by atoms with E-state index in [4.69, 9.17) is 21.1 Å². The van der Waals surface area contributed by atoms with Gasteiger partial charge in [0, 0.05) is 24.8 Å². The molecular weight excluding hydrogens is 384 g/mol. The molecule has 2 aromatic heterocycles. The van der Waals surface area contributed by atoms with Crippen LogP contribution in [0.2, 0.25) is 0 Å². The Morgan fingerprint density at radius 1 is 0.929 bits per heavy atom. The van der Waals surface area contributed by atoms with Crippen molar-refractivity contribution in [2.45, 2.75) is 6.10 Å². The summed E-state index contributed by atoms with van der Waals surface area (Å²) >= 11 is 5.69. The van der Waals surface area contributed by atoms with Gasteiger partial charge >= 0.3 is 11.9 Å². The van der Waals surface area contributed by atoms with Crippen LogP contribution in [0.3, 0.4) is 0 Å². The fourth-order valence-electron chi connectivity index (χ4n) is 2.27. The van der Waals surface area contributed by atoms with Crippen molar-refractivity contribution in [3.05, 3.63) is 83.9 Å². The zero-order chi connectivity index (χ0) is 19.9. The summed E-state index contributed by atoms with van der Waals surface area (Å²) in [6, 6.07) is 10.6. The molecule has 7 nitrogen and oxygen atoms in total. The number of aromatic nitrogens is 2. The topological polar surface area (TPSA) is 98.6 Å². The molecule has 0 aliphatic rings. The first kappa shape index (κ1) is 19.5. The van der Waals surface area contributed by atoms with Gasteiger partial charge in [-0.25, -0.2) is 9.59 Å². The summed E-state index contributed by atoms with van der Waals surface area (Å²) in [4.78, 5) is 32.4. The molecule has 3 rings (SSSR count). The van der Waals surface area contributed by atoms with Gasteiger partial charge in [-0.3, -0.25) is 9.97 Å². The average molecular weight is 399 g/mol. The van der Waals surface area contributed by atoms with E-state index in [1.165, 1.54) is 49.1 Å². The molecule has 0 bridgehead atoms. The number of esters is 2. The Morgan fingerprint density at radius 3 is 2.00 bits per heavy atom. The lowest BCUT2D eigenvalue weighted by Gasteiger charge is -2.14. The lowest BCUT2D eigenvalue weighted by molar-refractivity contribution is 0.0681. The first-order chi connectivity index (χ1) is 13.6. The largest absolute Gasteiger partial charge is 0.419 e. The van der Waals surface area contributed by atoms with Crippen LogP contribution in [0.4, 0.5) is 0 Å². The van der Waals surface area contributed by atoms with E-state index in [0.717, 1.165) is 0 Å². The number of aliphatic hydroxyl groups excluding tert-OH is 1. The maximum absolute atomic E-state index is 12.4. The fourth-order valence-corrected chi connectivity index (χ4v) is 2.45. The minimum absolute atomic E-state index is 0.0108. The number of benzene rings is 1. The van der Waals surface area contributed by atoms with E-state index in [-0.39, 0.29) is 28.5 Å². The number of aliphatic hydroxyl groups is 1. The molecule has 28 heavy (non-hydrogen) atoms. The summed E-state index contributed by atoms with van der Waals surface area (Å²) in [6.45, 7) is 0. The third-order valence-electron chi connectivity index (χ3n) is 3.70. The minimum atomic E-state index is -0.972. The van der Waals surface area contributed by atoms with Gasteiger partial charge in [-0.15, -0.1) is 11.6 Å². The van der Waals surface area contributed by atoms with Crippen LogP contribution in [0.25, 0.3) is 0 Å². The average Bonchev–Trinajstić information content (AvgIpc) is 2.75. The van der Waals surface area contributed by atoms with Gasteiger partial charge in [0.2, 0.25) is 0 Å². The maximum Gasteiger partial charge on any atom is 0.345 e. The van der Waals surface area contributed by atoms with Crippen LogP contribution in [0, 0.1) is 0 Å². The summed E-state index contributed by atoms with van der Waals surface area (Å²) < 4.78 is 10.7. The number of hydrogen-bond donors (Lipinski definition) is 1. The van der Waals surface area contributed by atoms with Gasteiger partial charge in [-0.1, -0.05) is 6.07 Å². The second-order valence-corrected chi connectivity index (χ2v) is 5.95. The highest BCUT2D eigenvalue weighted by molar-refractivity contribution is 6.18. The van der Waals surface area contributed by atoms with Crippen molar-refractivity contribution < 1.29 is 24.2 Å². The number of alkyl halides is 1. The van der Waals surface area contributed by atoms with Crippen molar-refractivity contribution in [1.29, 1.82) is 0 Å². The molecule has 0 aliphatic heterocycles. The Hall–Kier alpha value is -3.29. The normalized spacial score (nSPS) is 11.5. The maximum atomic E-state index is 12.4. The monoisotopic (exact) mass is 398 g/mol. The predicted octanol–water partition coefficient (Wildman–Crippen LogP) is 3.19. The second kappa shape index (κ2) is 9.07. The van der Waals surface area contributed by atoms with Gasteiger partial charge in [0.05, 0.1) is 23.1 Å². The number of halogens is 1. The fraction of sp³-hybridized carbons (Fsp3) is 0.100. The highest BCUT2D eigenvalue weighted by atomic mass is 35.5. The summed E-state index contributed by atoms with van der Waals surface area (Å²) in [7, 11) is 0. The van der Waals surface area contributed by atoms with Crippen molar-refractivity contribution in [3.8, 4) is 11.5 Å². The number of ether oxygens (including phenoxy) is 2. The third-order valence-corrected chi connectivity index (χ3v) is 3.99. The standard InChI is InChI=1S/C20H15ClN2O5/c21-10-16(24)13-5-6-17(27-19(25)14-3-1-7-22-11-14)18(9-13)28-20(26)15-4-2-8-23-12-15/h1-9,11-12,16,24H,10H2. The first-order valence-corrected chi connectivity index (χ1v) is 8.74. The molecule has 142 valence electrons. The van der Waals surface area contributed by atoms with Crippen LogP contribution in [0.15, 0.2) is 67.3 Å². The zero-order valence-corrected chi connectivity index (χ0v) is 15.2. The van der Waals surface area contributed by atoms with Crippen LogP contribution < -0.4 is 9.47 Å². The Bertz CT molecular complexity index is 967. The molecule has 8 heteroatoms. The second-order valence-electron chi connectivity index (χ2n) is 5.64. The molecular formula is C20H15ClN2O5. The van der Waals surface area contributed by atoms with E-state index in [9.17, 15) is 14.7 Å². The van der Waals surface area contributed by atoms with Gasteiger partial charge in [-0.2, -0.15) is 0 Å². The quantitative estimate of drug-likeness (QED) is 0.386. The summed E-state index contributed by atoms with van der Waals surface area (Å²) in [6.07, 6.45) is 4.78. The van der Waals surface area contributed by atoms with E-state index < -0.39 is 18.0 Å². The highest BCUT2D eigenvalue weighted by Crippen LogP contribution is 2.32. The zero-order valence-electron chi connectivity index (χ0n) is 14.5. The van der Waals surface area contributed by atoms with Crippen molar-refractivity contribution in [1.82, 2.24) is 9.97 Å². The summed E-state index contributed by atoms with van der Waals surface area (Å²) in [5, 5.41) is 9.96. The van der Waals surface area contributed by atoms with Crippen LogP contribution in [0.1, 0.15) is 32.4 Å². The molecule has 1 unspecified atom stereocenters. The number of rotatable bonds is 6. The van der Waals surface area contributed by atoms with Gasteiger partial charge < -0.3 is 14.6 Å². The van der Waals surface area contributed by atoms with E-state index in [0.29, 0.717) is 5.56 Å². The Balaban J connectivity index is 1.90. The van der Waals surface area contributed by atoms with Crippen molar-refractivity contribution in [3.63, 3.8) is 0 Å². The van der Waals surface area contributed by atoms with E-state index in [2.05, 4.69) is 9.97 Å². The number of pyridine rings is 2. The summed E-state index contributed by atoms with van der Waals surface area (Å²) in [5.41, 5.74) is 0.859. The van der Waals surface area contributed by atoms with Crippen molar-refractivity contribution >= 4 is 23.5 Å². The van der Waals surface area contributed by atoms with Crippen molar-refractivity contribution in [2.24, 2.45) is 0 Å². The Morgan fingerprint density at radius 2 is 1.50 bits per heavy atom. The first-order valence-electron chi connectivity index (χ1n) is 8.21. The molecule has 0 fully saturated rings. The van der Waals surface area contributed by atoms with E-state index >= 15 is 0 Å². The van der Waals surface area contributed by atoms with E-state index in [1.54, 1.807) is 18.2 Å². The van der Waals surface area contributed by atoms with E-state index in [1.807, 2.05) is 0 Å². The minimum Gasteiger partial charge on any atom is -0.419 e. The lowest BCUT2D eigenvalue weighted by atomic mass is 10.1. The van der Waals surface area contributed by atoms with Gasteiger partial charge in [0.1, 0.15) is 0 Å². The molecule has 0 saturated carbocycles. The van der Waals surface area contributed by atoms with Crippen molar-refractivity contribution in [2.75, 3.05) is 5.88 Å². The molecule has 0 saturated heterocycles. The molecule has 0 radical (unpaired) electrons. The third kappa shape index (κ3) is 4.70. The van der Waals surface area contributed by atoms with Crippen LogP contribution >= 0.6 is 11.6 Å². The van der Waals surface area contributed by atoms with Gasteiger partial charge in [0.15, 0.2) is 11.5 Å². The number of nitrogens with zero attached hydrogens (tertiary/aromatic N) is 2. The SMILES string of the molecule is O=C(Oc1ccc(C(O)CCl)cc1OC(=O)c1cccnc1)c1cccnc1. The molecule has 1 atom stereocenters. The van der Waals surface area contributed by atoms with Gasteiger partial charge in [0.25, 0.3) is 0 Å². The summed E-state index contributed by atoms with van der Waals surface area (Å²) in [5.74, 6) is -1.43. The van der Waals surface area contributed by atoms with Crippen LogP contribution in [-0.2, 0) is 0 Å². The molecule has 3 aromatic rings. The number of hydrogen-bond acceptors (Lipinski definition) is 7. The molecule has 2 heterocycles. The number of carbonyl (C=O) groups excluding carboxylic acids is 2. The molecule has 1 N–H and O–H groups in total. The molecule has 1 aromatic carbocycles. The Labute approximate surface area is 165 Å². The molecule has 0 spiro atoms. The molecule has 0 amide bonds.